The van der Waals surface area contributed by atoms with Crippen LogP contribution >= 0.6 is 24.0 Å². The number of aliphatic imine (C=N–C) groups is 1. The maximum Gasteiger partial charge on any atom is 0.191 e. The lowest BCUT2D eigenvalue weighted by Gasteiger charge is -2.15. The van der Waals surface area contributed by atoms with Gasteiger partial charge in [-0.2, -0.15) is 0 Å². The fraction of sp³-hybridized carbons (Fsp3) is 0.812. The number of guanidine groups is 1. The van der Waals surface area contributed by atoms with E-state index in [0.717, 1.165) is 38.5 Å². The first-order valence-corrected chi connectivity index (χ1v) is 8.04. The molecule has 0 spiro atoms. The van der Waals surface area contributed by atoms with Crippen molar-refractivity contribution in [3.8, 4) is 0 Å². The molecule has 1 rings (SSSR count). The number of halogens is 1. The summed E-state index contributed by atoms with van der Waals surface area (Å²) in [7, 11) is 1.79. The van der Waals surface area contributed by atoms with Gasteiger partial charge in [0.2, 0.25) is 0 Å². The van der Waals surface area contributed by atoms with Gasteiger partial charge in [0.15, 0.2) is 5.96 Å². The van der Waals surface area contributed by atoms with Gasteiger partial charge in [-0.25, -0.2) is 0 Å². The van der Waals surface area contributed by atoms with E-state index in [-0.39, 0.29) is 24.0 Å². The van der Waals surface area contributed by atoms with E-state index in [9.17, 15) is 0 Å². The average Bonchev–Trinajstić information content (AvgIpc) is 2.74. The molecule has 21 heavy (non-hydrogen) atoms. The molecular weight excluding hydrogens is 377 g/mol. The Hall–Kier alpha value is -0.300. The van der Waals surface area contributed by atoms with Crippen LogP contribution in [0.15, 0.2) is 17.6 Å². The minimum atomic E-state index is 0. The predicted molar refractivity (Wildman–Crippen MR) is 102 cm³/mol. The third kappa shape index (κ3) is 11.0. The van der Waals surface area contributed by atoms with Gasteiger partial charge in [0.1, 0.15) is 0 Å². The normalized spacial score (nSPS) is 16.7. The number of rotatable bonds is 8. The molecule has 124 valence electrons. The molecule has 0 bridgehead atoms. The Morgan fingerprint density at radius 3 is 2.52 bits per heavy atom. The highest BCUT2D eigenvalue weighted by Crippen LogP contribution is 2.19. The molecule has 2 N–H and O–H groups in total. The van der Waals surface area contributed by atoms with Crippen molar-refractivity contribution in [2.75, 3.05) is 26.7 Å². The third-order valence-corrected chi connectivity index (χ3v) is 3.66. The van der Waals surface area contributed by atoms with Crippen LogP contribution in [0.1, 0.15) is 51.4 Å². The Labute approximate surface area is 147 Å². The standard InChI is InChI=1S/C16H31N3O.HI/c1-3-12-18-16(17-2)19-13-8-9-14-20-15-10-6-4-5-7-11-15;/h3,15H,1,4-14H2,2H3,(H2,17,18,19);1H. The summed E-state index contributed by atoms with van der Waals surface area (Å²) in [5.74, 6) is 0.842. The van der Waals surface area contributed by atoms with E-state index in [0.29, 0.717) is 6.10 Å². The summed E-state index contributed by atoms with van der Waals surface area (Å²) >= 11 is 0. The minimum Gasteiger partial charge on any atom is -0.378 e. The second-order valence-electron chi connectivity index (χ2n) is 5.36. The van der Waals surface area contributed by atoms with Gasteiger partial charge in [-0.15, -0.1) is 30.6 Å². The van der Waals surface area contributed by atoms with Gasteiger partial charge in [-0.1, -0.05) is 31.8 Å². The summed E-state index contributed by atoms with van der Waals surface area (Å²) in [4.78, 5) is 4.14. The highest BCUT2D eigenvalue weighted by atomic mass is 127. The molecule has 0 aromatic carbocycles. The maximum atomic E-state index is 5.97. The van der Waals surface area contributed by atoms with Gasteiger partial charge in [0, 0.05) is 26.7 Å². The lowest BCUT2D eigenvalue weighted by molar-refractivity contribution is 0.0411. The van der Waals surface area contributed by atoms with E-state index < -0.39 is 0 Å². The Morgan fingerprint density at radius 2 is 1.90 bits per heavy atom. The fourth-order valence-electron chi connectivity index (χ4n) is 2.48. The van der Waals surface area contributed by atoms with Crippen LogP contribution in [0.4, 0.5) is 0 Å². The van der Waals surface area contributed by atoms with Crippen molar-refractivity contribution in [1.29, 1.82) is 0 Å². The lowest BCUT2D eigenvalue weighted by atomic mass is 10.1. The maximum absolute atomic E-state index is 5.97. The summed E-state index contributed by atoms with van der Waals surface area (Å²) in [6.07, 6.45) is 12.6. The number of nitrogens with one attached hydrogen (secondary N) is 2. The van der Waals surface area contributed by atoms with Gasteiger partial charge < -0.3 is 15.4 Å². The molecule has 0 aromatic heterocycles. The molecule has 0 aromatic rings. The number of unbranched alkanes of at least 4 members (excludes halogenated alkanes) is 1. The van der Waals surface area contributed by atoms with E-state index in [1.807, 2.05) is 6.08 Å². The van der Waals surface area contributed by atoms with Crippen molar-refractivity contribution in [3.05, 3.63) is 12.7 Å². The highest BCUT2D eigenvalue weighted by Gasteiger charge is 2.11. The smallest absolute Gasteiger partial charge is 0.191 e. The van der Waals surface area contributed by atoms with Crippen LogP contribution in [0.5, 0.6) is 0 Å². The first kappa shape index (κ1) is 20.7. The summed E-state index contributed by atoms with van der Waals surface area (Å²) < 4.78 is 5.97. The van der Waals surface area contributed by atoms with E-state index >= 15 is 0 Å². The Balaban J connectivity index is 0.00000400. The van der Waals surface area contributed by atoms with Gasteiger partial charge in [0.05, 0.1) is 6.10 Å². The molecular formula is C16H32IN3O. The molecule has 1 fully saturated rings. The number of hydrogen-bond acceptors (Lipinski definition) is 2. The molecule has 0 heterocycles. The van der Waals surface area contributed by atoms with Crippen LogP contribution < -0.4 is 10.6 Å². The van der Waals surface area contributed by atoms with Crippen LogP contribution in [-0.2, 0) is 4.74 Å². The Kier molecular flexibility index (Phi) is 14.4. The summed E-state index contributed by atoms with van der Waals surface area (Å²) in [6.45, 7) is 6.25. The van der Waals surface area contributed by atoms with Crippen LogP contribution in [0.25, 0.3) is 0 Å². The highest BCUT2D eigenvalue weighted by molar-refractivity contribution is 14.0. The zero-order valence-corrected chi connectivity index (χ0v) is 15.7. The predicted octanol–water partition coefficient (Wildman–Crippen LogP) is 3.48. The van der Waals surface area contributed by atoms with Crippen LogP contribution in [-0.4, -0.2) is 38.8 Å². The largest absolute Gasteiger partial charge is 0.378 e. The lowest BCUT2D eigenvalue weighted by Crippen LogP contribution is -2.37. The van der Waals surface area contributed by atoms with E-state index in [4.69, 9.17) is 4.74 Å². The Bertz CT molecular complexity index is 277. The second kappa shape index (κ2) is 14.6. The molecule has 1 saturated carbocycles. The van der Waals surface area contributed by atoms with Gasteiger partial charge in [0.25, 0.3) is 0 Å². The van der Waals surface area contributed by atoms with Crippen LogP contribution in [0.3, 0.4) is 0 Å². The average molecular weight is 409 g/mol. The van der Waals surface area contributed by atoms with E-state index in [2.05, 4.69) is 22.2 Å². The van der Waals surface area contributed by atoms with Crippen molar-refractivity contribution in [3.63, 3.8) is 0 Å². The van der Waals surface area contributed by atoms with Crippen LogP contribution in [0, 0.1) is 0 Å². The van der Waals surface area contributed by atoms with Gasteiger partial charge in [-0.3, -0.25) is 4.99 Å². The zero-order valence-electron chi connectivity index (χ0n) is 13.4. The SMILES string of the molecule is C=CCNC(=NC)NCCCCOC1CCCCCC1.I. The molecule has 0 radical (unpaired) electrons. The molecule has 4 nitrogen and oxygen atoms in total. The van der Waals surface area contributed by atoms with Crippen molar-refractivity contribution in [2.24, 2.45) is 4.99 Å². The number of nitrogens with zero attached hydrogens (tertiary/aromatic N) is 1. The molecule has 0 aliphatic heterocycles. The topological polar surface area (TPSA) is 45.7 Å². The molecule has 0 atom stereocenters. The molecule has 0 unspecified atom stereocenters. The molecule has 0 amide bonds. The Morgan fingerprint density at radius 1 is 1.19 bits per heavy atom. The molecule has 1 aliphatic rings. The summed E-state index contributed by atoms with van der Waals surface area (Å²) in [5, 5.41) is 6.45. The first-order chi connectivity index (χ1) is 9.86. The van der Waals surface area contributed by atoms with Crippen LogP contribution in [0.2, 0.25) is 0 Å². The monoisotopic (exact) mass is 409 g/mol. The van der Waals surface area contributed by atoms with Crippen molar-refractivity contribution < 1.29 is 4.74 Å². The van der Waals surface area contributed by atoms with E-state index in [1.54, 1.807) is 7.05 Å². The van der Waals surface area contributed by atoms with Crippen molar-refractivity contribution >= 4 is 29.9 Å². The molecule has 0 saturated heterocycles. The van der Waals surface area contributed by atoms with Gasteiger partial charge >= 0.3 is 0 Å². The summed E-state index contributed by atoms with van der Waals surface area (Å²) in [6, 6.07) is 0. The van der Waals surface area contributed by atoms with Crippen molar-refractivity contribution in [1.82, 2.24) is 10.6 Å². The third-order valence-electron chi connectivity index (χ3n) is 3.66. The minimum absolute atomic E-state index is 0. The molecule has 5 heteroatoms. The second-order valence-corrected chi connectivity index (χ2v) is 5.36. The number of hydrogen-bond donors (Lipinski definition) is 2. The zero-order chi connectivity index (χ0) is 14.5. The van der Waals surface area contributed by atoms with Crippen molar-refractivity contribution in [2.45, 2.75) is 57.5 Å². The summed E-state index contributed by atoms with van der Waals surface area (Å²) in [5.41, 5.74) is 0. The quantitative estimate of drug-likeness (QED) is 0.161. The number of ether oxygens (including phenoxy) is 1. The van der Waals surface area contributed by atoms with Gasteiger partial charge in [-0.05, 0) is 25.7 Å². The fourth-order valence-corrected chi connectivity index (χ4v) is 2.48. The first-order valence-electron chi connectivity index (χ1n) is 8.04. The molecule has 1 aliphatic carbocycles. The van der Waals surface area contributed by atoms with E-state index in [1.165, 1.54) is 38.5 Å².